The highest BCUT2D eigenvalue weighted by atomic mass is 16.6. The van der Waals surface area contributed by atoms with Crippen LogP contribution in [0.4, 0.5) is 11.6 Å². The highest BCUT2D eigenvalue weighted by molar-refractivity contribution is 5.32. The van der Waals surface area contributed by atoms with Gasteiger partial charge in [0.05, 0.1) is 11.0 Å². The number of hydrogen-bond donors (Lipinski definition) is 2. The van der Waals surface area contributed by atoms with Crippen molar-refractivity contribution in [3.8, 4) is 0 Å². The van der Waals surface area contributed by atoms with E-state index in [1.807, 2.05) is 24.3 Å². The summed E-state index contributed by atoms with van der Waals surface area (Å²) in [6.45, 7) is 6.61. The largest absolute Gasteiger partial charge is 0.387 e. The van der Waals surface area contributed by atoms with Crippen molar-refractivity contribution in [1.82, 2.24) is 9.97 Å². The lowest BCUT2D eigenvalue weighted by Crippen LogP contribution is -2.15. The monoisotopic (exact) mass is 316 g/mol. The summed E-state index contributed by atoms with van der Waals surface area (Å²) in [4.78, 5) is 17.6. The Kier molecular flexibility index (Phi) is 4.90. The molecule has 0 radical (unpaired) electrons. The zero-order chi connectivity index (χ0) is 17.0. The maximum absolute atomic E-state index is 10.5. The number of aromatic nitrogens is 2. The minimum Gasteiger partial charge on any atom is -0.387 e. The predicted octanol–water partition coefficient (Wildman–Crippen LogP) is 2.83. The van der Waals surface area contributed by atoms with Crippen LogP contribution in [0.1, 0.15) is 38.0 Å². The predicted molar refractivity (Wildman–Crippen MR) is 87.3 cm³/mol. The third-order valence-corrected chi connectivity index (χ3v) is 3.46. The molecule has 1 unspecified atom stereocenters. The van der Waals surface area contributed by atoms with Crippen molar-refractivity contribution in [1.29, 1.82) is 0 Å². The standard InChI is InChI=1S/C16H20N4O3/c1-16(2,3)12-6-4-11(5-7-12)14(21)10-19-15-17-8-13(9-18-15)20(22)23/h4-9,14,21H,10H2,1-3H3,(H,17,18,19). The molecule has 7 nitrogen and oxygen atoms in total. The molecule has 0 saturated carbocycles. The summed E-state index contributed by atoms with van der Waals surface area (Å²) < 4.78 is 0. The van der Waals surface area contributed by atoms with Crippen LogP contribution < -0.4 is 5.32 Å². The molecule has 0 spiro atoms. The molecule has 7 heteroatoms. The van der Waals surface area contributed by atoms with Gasteiger partial charge in [0, 0.05) is 6.54 Å². The Morgan fingerprint density at radius 3 is 2.26 bits per heavy atom. The number of rotatable bonds is 5. The van der Waals surface area contributed by atoms with Gasteiger partial charge in [0.2, 0.25) is 5.95 Å². The summed E-state index contributed by atoms with van der Waals surface area (Å²) >= 11 is 0. The van der Waals surface area contributed by atoms with Crippen molar-refractivity contribution in [2.45, 2.75) is 32.3 Å². The number of nitro groups is 1. The number of nitrogens with one attached hydrogen (secondary N) is 1. The van der Waals surface area contributed by atoms with Gasteiger partial charge in [0.1, 0.15) is 12.4 Å². The van der Waals surface area contributed by atoms with Gasteiger partial charge in [0.15, 0.2) is 0 Å². The minimum atomic E-state index is -0.720. The number of aliphatic hydroxyl groups excluding tert-OH is 1. The van der Waals surface area contributed by atoms with Crippen LogP contribution in [0.3, 0.4) is 0 Å². The van der Waals surface area contributed by atoms with Crippen molar-refractivity contribution in [2.24, 2.45) is 0 Å². The second-order valence-electron chi connectivity index (χ2n) is 6.29. The first-order valence-electron chi connectivity index (χ1n) is 7.26. The fourth-order valence-corrected chi connectivity index (χ4v) is 2.02. The van der Waals surface area contributed by atoms with Gasteiger partial charge in [-0.2, -0.15) is 0 Å². The van der Waals surface area contributed by atoms with E-state index in [4.69, 9.17) is 0 Å². The van der Waals surface area contributed by atoms with E-state index in [0.29, 0.717) is 0 Å². The zero-order valence-corrected chi connectivity index (χ0v) is 13.4. The van der Waals surface area contributed by atoms with E-state index in [9.17, 15) is 15.2 Å². The molecule has 0 aliphatic carbocycles. The Labute approximate surface area is 134 Å². The van der Waals surface area contributed by atoms with Crippen molar-refractivity contribution >= 4 is 11.6 Å². The molecule has 2 rings (SSSR count). The number of aliphatic hydroxyl groups is 1. The second kappa shape index (κ2) is 6.70. The maximum Gasteiger partial charge on any atom is 0.305 e. The average Bonchev–Trinajstić information content (AvgIpc) is 2.52. The molecule has 23 heavy (non-hydrogen) atoms. The number of anilines is 1. The van der Waals surface area contributed by atoms with Gasteiger partial charge in [-0.15, -0.1) is 0 Å². The van der Waals surface area contributed by atoms with Crippen molar-refractivity contribution in [2.75, 3.05) is 11.9 Å². The Bertz CT molecular complexity index is 663. The zero-order valence-electron chi connectivity index (χ0n) is 13.4. The SMILES string of the molecule is CC(C)(C)c1ccc(C(O)CNc2ncc([N+](=O)[O-])cn2)cc1. The summed E-state index contributed by atoms with van der Waals surface area (Å²) in [6.07, 6.45) is 1.53. The van der Waals surface area contributed by atoms with Crippen molar-refractivity contribution in [3.63, 3.8) is 0 Å². The van der Waals surface area contributed by atoms with Gasteiger partial charge in [-0.25, -0.2) is 9.97 Å². The Morgan fingerprint density at radius 2 is 1.78 bits per heavy atom. The number of benzene rings is 1. The summed E-state index contributed by atoms with van der Waals surface area (Å²) in [6, 6.07) is 7.79. The van der Waals surface area contributed by atoms with E-state index in [0.717, 1.165) is 18.0 Å². The van der Waals surface area contributed by atoms with Crippen molar-refractivity contribution in [3.05, 3.63) is 57.9 Å². The van der Waals surface area contributed by atoms with E-state index in [-0.39, 0.29) is 23.6 Å². The second-order valence-corrected chi connectivity index (χ2v) is 6.29. The first-order valence-corrected chi connectivity index (χ1v) is 7.26. The third-order valence-electron chi connectivity index (χ3n) is 3.46. The quantitative estimate of drug-likeness (QED) is 0.649. The molecule has 0 aliphatic rings. The molecule has 2 N–H and O–H groups in total. The van der Waals surface area contributed by atoms with Gasteiger partial charge >= 0.3 is 5.69 Å². The molecular formula is C16H20N4O3. The van der Waals surface area contributed by atoms with E-state index < -0.39 is 11.0 Å². The Morgan fingerprint density at radius 1 is 1.22 bits per heavy atom. The van der Waals surface area contributed by atoms with Gasteiger partial charge in [-0.05, 0) is 16.5 Å². The lowest BCUT2D eigenvalue weighted by atomic mass is 9.86. The van der Waals surface area contributed by atoms with Gasteiger partial charge in [0.25, 0.3) is 0 Å². The van der Waals surface area contributed by atoms with Gasteiger partial charge in [-0.1, -0.05) is 45.0 Å². The molecule has 0 fully saturated rings. The van der Waals surface area contributed by atoms with Crippen LogP contribution in [0.15, 0.2) is 36.7 Å². The first kappa shape index (κ1) is 16.8. The molecule has 1 aromatic heterocycles. The molecule has 0 saturated heterocycles. The highest BCUT2D eigenvalue weighted by Gasteiger charge is 2.15. The van der Waals surface area contributed by atoms with E-state index in [2.05, 4.69) is 36.1 Å². The normalized spacial score (nSPS) is 12.7. The van der Waals surface area contributed by atoms with E-state index in [1.165, 1.54) is 5.56 Å². The topological polar surface area (TPSA) is 101 Å². The number of nitrogens with zero attached hydrogens (tertiary/aromatic N) is 3. The van der Waals surface area contributed by atoms with Crippen LogP contribution in [0.5, 0.6) is 0 Å². The first-order chi connectivity index (χ1) is 10.8. The molecule has 1 atom stereocenters. The number of hydrogen-bond acceptors (Lipinski definition) is 6. The smallest absolute Gasteiger partial charge is 0.305 e. The fraction of sp³-hybridized carbons (Fsp3) is 0.375. The van der Waals surface area contributed by atoms with Crippen LogP contribution in [-0.2, 0) is 5.41 Å². The molecule has 0 aliphatic heterocycles. The lowest BCUT2D eigenvalue weighted by Gasteiger charge is -2.20. The Hall–Kier alpha value is -2.54. The molecule has 122 valence electrons. The van der Waals surface area contributed by atoms with E-state index >= 15 is 0 Å². The summed E-state index contributed by atoms with van der Waals surface area (Å²) in [5, 5.41) is 23.6. The van der Waals surface area contributed by atoms with Crippen LogP contribution in [-0.4, -0.2) is 26.5 Å². The van der Waals surface area contributed by atoms with Gasteiger partial charge < -0.3 is 10.4 Å². The van der Waals surface area contributed by atoms with Crippen LogP contribution in [0.2, 0.25) is 0 Å². The maximum atomic E-state index is 10.5. The van der Waals surface area contributed by atoms with Crippen LogP contribution in [0.25, 0.3) is 0 Å². The molecule has 0 bridgehead atoms. The minimum absolute atomic E-state index is 0.0638. The summed E-state index contributed by atoms with van der Waals surface area (Å²) in [5.41, 5.74) is 1.87. The average molecular weight is 316 g/mol. The van der Waals surface area contributed by atoms with Gasteiger partial charge in [-0.3, -0.25) is 10.1 Å². The fourth-order valence-electron chi connectivity index (χ4n) is 2.02. The molecule has 1 heterocycles. The van der Waals surface area contributed by atoms with E-state index in [1.54, 1.807) is 0 Å². The molecular weight excluding hydrogens is 296 g/mol. The summed E-state index contributed by atoms with van der Waals surface area (Å²) in [5.74, 6) is 0.237. The van der Waals surface area contributed by atoms with Crippen LogP contribution >= 0.6 is 0 Å². The molecule has 1 aromatic carbocycles. The lowest BCUT2D eigenvalue weighted by molar-refractivity contribution is -0.385. The highest BCUT2D eigenvalue weighted by Crippen LogP contribution is 2.24. The van der Waals surface area contributed by atoms with Crippen molar-refractivity contribution < 1.29 is 10.0 Å². The van der Waals surface area contributed by atoms with Crippen LogP contribution in [0, 0.1) is 10.1 Å². The third kappa shape index (κ3) is 4.46. The molecule has 2 aromatic rings. The summed E-state index contributed by atoms with van der Waals surface area (Å²) in [7, 11) is 0. The molecule has 0 amide bonds. The Balaban J connectivity index is 1.96.